The SMILES string of the molecule is COc1cnc(OC2CCC(Oc3cc(N4CCOCC4)cn4ncnc34)CC2)nc1. The molecule has 0 radical (unpaired) electrons. The van der Waals surface area contributed by atoms with Gasteiger partial charge < -0.3 is 23.8 Å². The predicted molar refractivity (Wildman–Crippen MR) is 112 cm³/mol. The molecule has 5 rings (SSSR count). The van der Waals surface area contributed by atoms with E-state index >= 15 is 0 Å². The lowest BCUT2D eigenvalue weighted by Gasteiger charge is -2.30. The summed E-state index contributed by atoms with van der Waals surface area (Å²) in [6.07, 6.45) is 10.5. The third kappa shape index (κ3) is 4.48. The summed E-state index contributed by atoms with van der Waals surface area (Å²) in [6.45, 7) is 3.17. The summed E-state index contributed by atoms with van der Waals surface area (Å²) in [7, 11) is 1.59. The first-order valence-electron chi connectivity index (χ1n) is 10.6. The Bertz CT molecular complexity index is 997. The summed E-state index contributed by atoms with van der Waals surface area (Å²) in [5.74, 6) is 1.38. The van der Waals surface area contributed by atoms with Gasteiger partial charge in [0.1, 0.15) is 12.4 Å². The minimum Gasteiger partial charge on any atom is -0.494 e. The van der Waals surface area contributed by atoms with Crippen LogP contribution in [0.3, 0.4) is 0 Å². The maximum Gasteiger partial charge on any atom is 0.316 e. The van der Waals surface area contributed by atoms with Crippen LogP contribution in [0.5, 0.6) is 17.5 Å². The van der Waals surface area contributed by atoms with Crippen LogP contribution in [0.4, 0.5) is 5.69 Å². The van der Waals surface area contributed by atoms with E-state index in [0.717, 1.165) is 69.1 Å². The van der Waals surface area contributed by atoms with E-state index in [4.69, 9.17) is 18.9 Å². The van der Waals surface area contributed by atoms with Gasteiger partial charge in [0.05, 0.1) is 50.7 Å². The number of hydrogen-bond acceptors (Lipinski definition) is 9. The van der Waals surface area contributed by atoms with Gasteiger partial charge in [-0.3, -0.25) is 0 Å². The molecule has 0 unspecified atom stereocenters. The van der Waals surface area contributed by atoms with Crippen molar-refractivity contribution in [3.8, 4) is 17.5 Å². The number of morpholine rings is 1. The van der Waals surface area contributed by atoms with Crippen LogP contribution in [0.15, 0.2) is 31.0 Å². The Morgan fingerprint density at radius 3 is 2.39 bits per heavy atom. The molecule has 0 atom stereocenters. The third-order valence-corrected chi connectivity index (χ3v) is 5.73. The fourth-order valence-corrected chi connectivity index (χ4v) is 4.03. The van der Waals surface area contributed by atoms with Crippen LogP contribution in [0.25, 0.3) is 5.65 Å². The first kappa shape index (κ1) is 19.8. The molecule has 3 aromatic heterocycles. The Balaban J connectivity index is 1.23. The molecule has 2 fully saturated rings. The van der Waals surface area contributed by atoms with Crippen molar-refractivity contribution >= 4 is 11.3 Å². The van der Waals surface area contributed by atoms with Gasteiger partial charge in [0.25, 0.3) is 0 Å². The third-order valence-electron chi connectivity index (χ3n) is 5.73. The van der Waals surface area contributed by atoms with E-state index in [2.05, 4.69) is 31.0 Å². The molecule has 10 nitrogen and oxygen atoms in total. The summed E-state index contributed by atoms with van der Waals surface area (Å²) >= 11 is 0. The molecule has 0 amide bonds. The number of pyridine rings is 1. The Kier molecular flexibility index (Phi) is 5.70. The zero-order chi connectivity index (χ0) is 21.0. The van der Waals surface area contributed by atoms with E-state index in [1.54, 1.807) is 30.3 Å². The molecule has 2 aliphatic rings. The second-order valence-electron chi connectivity index (χ2n) is 7.73. The maximum atomic E-state index is 6.40. The van der Waals surface area contributed by atoms with Gasteiger partial charge in [-0.1, -0.05) is 0 Å². The molecule has 0 aromatic carbocycles. The van der Waals surface area contributed by atoms with Gasteiger partial charge in [0, 0.05) is 19.2 Å². The summed E-state index contributed by atoms with van der Waals surface area (Å²) in [5.41, 5.74) is 1.81. The highest BCUT2D eigenvalue weighted by Crippen LogP contribution is 2.30. The topological polar surface area (TPSA) is 96.1 Å². The van der Waals surface area contributed by atoms with Crippen molar-refractivity contribution in [2.75, 3.05) is 38.3 Å². The largest absolute Gasteiger partial charge is 0.494 e. The molecule has 1 aliphatic heterocycles. The van der Waals surface area contributed by atoms with Gasteiger partial charge in [0.15, 0.2) is 17.1 Å². The summed E-state index contributed by atoms with van der Waals surface area (Å²) < 4.78 is 24.7. The van der Waals surface area contributed by atoms with Gasteiger partial charge in [-0.2, -0.15) is 15.1 Å². The first-order valence-corrected chi connectivity index (χ1v) is 10.6. The minimum absolute atomic E-state index is 0.0843. The van der Waals surface area contributed by atoms with Gasteiger partial charge in [0.2, 0.25) is 0 Å². The Morgan fingerprint density at radius 2 is 1.68 bits per heavy atom. The predicted octanol–water partition coefficient (Wildman–Crippen LogP) is 2.13. The summed E-state index contributed by atoms with van der Waals surface area (Å²) in [5, 5.41) is 4.32. The smallest absolute Gasteiger partial charge is 0.316 e. The quantitative estimate of drug-likeness (QED) is 0.587. The average Bonchev–Trinajstić information content (AvgIpc) is 3.31. The molecule has 0 N–H and O–H groups in total. The van der Waals surface area contributed by atoms with Crippen LogP contribution < -0.4 is 19.1 Å². The van der Waals surface area contributed by atoms with Gasteiger partial charge >= 0.3 is 6.01 Å². The van der Waals surface area contributed by atoms with Crippen LogP contribution in [0.2, 0.25) is 0 Å². The number of anilines is 1. The zero-order valence-electron chi connectivity index (χ0n) is 17.5. The van der Waals surface area contributed by atoms with Crippen LogP contribution in [-0.4, -0.2) is 70.2 Å². The van der Waals surface area contributed by atoms with Crippen LogP contribution in [0, 0.1) is 0 Å². The van der Waals surface area contributed by atoms with E-state index in [-0.39, 0.29) is 12.2 Å². The summed E-state index contributed by atoms with van der Waals surface area (Å²) in [4.78, 5) is 15.1. The zero-order valence-corrected chi connectivity index (χ0v) is 17.5. The molecule has 4 heterocycles. The molecule has 164 valence electrons. The van der Waals surface area contributed by atoms with Crippen molar-refractivity contribution in [2.45, 2.75) is 37.9 Å². The lowest BCUT2D eigenvalue weighted by molar-refractivity contribution is 0.0753. The molecular formula is C21H26N6O4. The van der Waals surface area contributed by atoms with Gasteiger partial charge in [-0.25, -0.2) is 9.50 Å². The molecule has 10 heteroatoms. The van der Waals surface area contributed by atoms with Crippen LogP contribution >= 0.6 is 0 Å². The maximum absolute atomic E-state index is 6.40. The van der Waals surface area contributed by atoms with E-state index in [1.807, 2.05) is 6.20 Å². The Hall–Kier alpha value is -3.14. The summed E-state index contributed by atoms with van der Waals surface area (Å²) in [6, 6.07) is 2.46. The molecule has 1 saturated heterocycles. The van der Waals surface area contributed by atoms with Crippen molar-refractivity contribution in [2.24, 2.45) is 0 Å². The monoisotopic (exact) mass is 426 g/mol. The average molecular weight is 426 g/mol. The van der Waals surface area contributed by atoms with E-state index < -0.39 is 0 Å². The molecule has 1 saturated carbocycles. The number of hydrogen-bond donors (Lipinski definition) is 0. The lowest BCUT2D eigenvalue weighted by Crippen LogP contribution is -2.36. The van der Waals surface area contributed by atoms with Crippen molar-refractivity contribution in [1.29, 1.82) is 0 Å². The number of aromatic nitrogens is 5. The van der Waals surface area contributed by atoms with E-state index in [1.165, 1.54) is 0 Å². The molecule has 3 aromatic rings. The Morgan fingerprint density at radius 1 is 0.968 bits per heavy atom. The van der Waals surface area contributed by atoms with E-state index in [0.29, 0.717) is 11.8 Å². The number of rotatable bonds is 6. The van der Waals surface area contributed by atoms with Gasteiger partial charge in [-0.05, 0) is 25.7 Å². The number of nitrogens with zero attached hydrogens (tertiary/aromatic N) is 6. The number of ether oxygens (including phenoxy) is 4. The normalized spacial score (nSPS) is 21.8. The van der Waals surface area contributed by atoms with Crippen molar-refractivity contribution in [3.63, 3.8) is 0 Å². The highest BCUT2D eigenvalue weighted by Gasteiger charge is 2.26. The van der Waals surface area contributed by atoms with Crippen LogP contribution in [0.1, 0.15) is 25.7 Å². The van der Waals surface area contributed by atoms with Crippen molar-refractivity contribution in [1.82, 2.24) is 24.6 Å². The minimum atomic E-state index is 0.0843. The molecule has 1 aliphatic carbocycles. The number of fused-ring (bicyclic) bond motifs is 1. The molecule has 0 spiro atoms. The van der Waals surface area contributed by atoms with E-state index in [9.17, 15) is 0 Å². The fourth-order valence-electron chi connectivity index (χ4n) is 4.03. The Labute approximate surface area is 180 Å². The second-order valence-corrected chi connectivity index (χ2v) is 7.73. The van der Waals surface area contributed by atoms with Crippen LogP contribution in [-0.2, 0) is 4.74 Å². The first-order chi connectivity index (χ1) is 15.3. The second kappa shape index (κ2) is 8.93. The van der Waals surface area contributed by atoms with Crippen molar-refractivity contribution in [3.05, 3.63) is 31.0 Å². The highest BCUT2D eigenvalue weighted by molar-refractivity contribution is 5.61. The highest BCUT2D eigenvalue weighted by atomic mass is 16.5. The van der Waals surface area contributed by atoms with Crippen molar-refractivity contribution < 1.29 is 18.9 Å². The lowest BCUT2D eigenvalue weighted by atomic mass is 9.95. The standard InChI is InChI=1S/C21H26N6O4/c1-28-18-11-22-21(23-12-18)31-17-4-2-16(3-5-17)30-19-10-15(26-6-8-29-9-7-26)13-27-20(19)24-14-25-27/h10-14,16-17H,2-9H2,1H3. The molecular weight excluding hydrogens is 400 g/mol. The van der Waals surface area contributed by atoms with Gasteiger partial charge in [-0.15, -0.1) is 0 Å². The molecule has 0 bridgehead atoms. The number of methoxy groups -OCH3 is 1. The fraction of sp³-hybridized carbons (Fsp3) is 0.524. The molecule has 31 heavy (non-hydrogen) atoms.